The highest BCUT2D eigenvalue weighted by molar-refractivity contribution is 9.10. The van der Waals surface area contributed by atoms with Gasteiger partial charge < -0.3 is 4.74 Å². The summed E-state index contributed by atoms with van der Waals surface area (Å²) in [5, 5.41) is 20.9. The van der Waals surface area contributed by atoms with E-state index >= 15 is 0 Å². The first-order valence-corrected chi connectivity index (χ1v) is 7.22. The lowest BCUT2D eigenvalue weighted by molar-refractivity contribution is -0.400. The molecule has 0 spiro atoms. The Balaban J connectivity index is 2.03. The van der Waals surface area contributed by atoms with Gasteiger partial charge in [-0.15, -0.1) is 0 Å². The Kier molecular flexibility index (Phi) is 5.42. The van der Waals surface area contributed by atoms with Crippen molar-refractivity contribution in [3.63, 3.8) is 0 Å². The van der Waals surface area contributed by atoms with Crippen LogP contribution in [0, 0.1) is 20.2 Å². The number of nitro benzene ring substituents is 1. The fourth-order valence-electron chi connectivity index (χ4n) is 1.76. The monoisotopic (exact) mass is 378 g/mol. The van der Waals surface area contributed by atoms with E-state index in [1.54, 1.807) is 30.3 Å². The van der Waals surface area contributed by atoms with Crippen LogP contribution in [-0.2, 0) is 6.61 Å². The van der Waals surface area contributed by atoms with E-state index in [-0.39, 0.29) is 12.3 Å². The zero-order chi connectivity index (χ0) is 16.8. The normalized spacial score (nSPS) is 10.7. The number of nitrogens with zero attached hydrogens (tertiary/aromatic N) is 2. The second kappa shape index (κ2) is 7.50. The second-order valence-corrected chi connectivity index (χ2v) is 5.36. The van der Waals surface area contributed by atoms with Gasteiger partial charge in [0.25, 0.3) is 5.69 Å². The largest absolute Gasteiger partial charge is 0.488 e. The number of hydrogen-bond donors (Lipinski definition) is 0. The summed E-state index contributed by atoms with van der Waals surface area (Å²) in [4.78, 5) is 19.9. The van der Waals surface area contributed by atoms with Crippen LogP contribution >= 0.6 is 15.9 Å². The van der Waals surface area contributed by atoms with Gasteiger partial charge in [0.2, 0.25) is 6.20 Å². The first kappa shape index (κ1) is 16.6. The summed E-state index contributed by atoms with van der Waals surface area (Å²) in [6.45, 7) is 0.251. The third kappa shape index (κ3) is 4.89. The van der Waals surface area contributed by atoms with Gasteiger partial charge >= 0.3 is 0 Å². The van der Waals surface area contributed by atoms with E-state index in [1.165, 1.54) is 18.2 Å². The molecule has 8 heteroatoms. The van der Waals surface area contributed by atoms with E-state index in [0.29, 0.717) is 15.8 Å². The Morgan fingerprint density at radius 1 is 1.09 bits per heavy atom. The maximum Gasteiger partial charge on any atom is 0.269 e. The van der Waals surface area contributed by atoms with Crippen LogP contribution in [0.4, 0.5) is 5.69 Å². The SMILES string of the molecule is O=[N+]([O-])/C=C/c1ccc(OCc2ccc([N+](=O)[O-])cc2)c(Br)c1. The van der Waals surface area contributed by atoms with Crippen molar-refractivity contribution in [2.75, 3.05) is 0 Å². The summed E-state index contributed by atoms with van der Waals surface area (Å²) in [6, 6.07) is 11.2. The molecule has 0 atom stereocenters. The third-order valence-corrected chi connectivity index (χ3v) is 3.51. The van der Waals surface area contributed by atoms with Gasteiger partial charge in [-0.25, -0.2) is 0 Å². The summed E-state index contributed by atoms with van der Waals surface area (Å²) in [7, 11) is 0. The van der Waals surface area contributed by atoms with Crippen LogP contribution in [0.15, 0.2) is 53.1 Å². The van der Waals surface area contributed by atoms with Crippen molar-refractivity contribution in [3.8, 4) is 5.75 Å². The molecule has 2 rings (SSSR count). The first-order valence-electron chi connectivity index (χ1n) is 6.43. The lowest BCUT2D eigenvalue weighted by Crippen LogP contribution is -1.97. The molecule has 0 aromatic heterocycles. The lowest BCUT2D eigenvalue weighted by Gasteiger charge is -2.08. The standard InChI is InChI=1S/C15H11BrN2O5/c16-14-9-11(7-8-17(19)20)3-6-15(14)23-10-12-1-4-13(5-2-12)18(21)22/h1-9H,10H2/b8-7+. The van der Waals surface area contributed by atoms with E-state index in [4.69, 9.17) is 4.74 Å². The minimum atomic E-state index is -0.535. The Morgan fingerprint density at radius 3 is 2.35 bits per heavy atom. The van der Waals surface area contributed by atoms with E-state index < -0.39 is 9.85 Å². The summed E-state index contributed by atoms with van der Waals surface area (Å²) in [5.74, 6) is 0.571. The Bertz CT molecular complexity index is 759. The number of hydrogen-bond acceptors (Lipinski definition) is 5. The van der Waals surface area contributed by atoms with Crippen LogP contribution in [0.3, 0.4) is 0 Å². The van der Waals surface area contributed by atoms with Crippen molar-refractivity contribution < 1.29 is 14.6 Å². The number of rotatable bonds is 6. The van der Waals surface area contributed by atoms with Gasteiger partial charge in [-0.3, -0.25) is 20.2 Å². The molecule has 0 heterocycles. The molecule has 2 aromatic rings. The summed E-state index contributed by atoms with van der Waals surface area (Å²) in [5.41, 5.74) is 1.48. The Labute approximate surface area is 139 Å². The maximum absolute atomic E-state index is 10.6. The molecule has 0 aliphatic carbocycles. The molecule has 0 N–H and O–H groups in total. The molecule has 7 nitrogen and oxygen atoms in total. The molecule has 0 saturated carbocycles. The average Bonchev–Trinajstić information content (AvgIpc) is 2.52. The van der Waals surface area contributed by atoms with Crippen molar-refractivity contribution in [1.82, 2.24) is 0 Å². The topological polar surface area (TPSA) is 95.5 Å². The molecule has 118 valence electrons. The molecular weight excluding hydrogens is 368 g/mol. The highest BCUT2D eigenvalue weighted by atomic mass is 79.9. The molecule has 0 amide bonds. The smallest absolute Gasteiger partial charge is 0.269 e. The van der Waals surface area contributed by atoms with Crippen molar-refractivity contribution in [2.45, 2.75) is 6.61 Å². The third-order valence-electron chi connectivity index (χ3n) is 2.89. The number of nitro groups is 2. The van der Waals surface area contributed by atoms with Gasteiger partial charge in [0.15, 0.2) is 0 Å². The zero-order valence-corrected chi connectivity index (χ0v) is 13.3. The number of halogens is 1. The van der Waals surface area contributed by atoms with E-state index in [1.807, 2.05) is 0 Å². The van der Waals surface area contributed by atoms with Crippen LogP contribution in [0.5, 0.6) is 5.75 Å². The van der Waals surface area contributed by atoms with Crippen molar-refractivity contribution in [2.24, 2.45) is 0 Å². The summed E-state index contributed by atoms with van der Waals surface area (Å²) in [6.07, 6.45) is 2.24. The van der Waals surface area contributed by atoms with Crippen LogP contribution in [0.2, 0.25) is 0 Å². The summed E-state index contributed by atoms with van der Waals surface area (Å²) >= 11 is 3.34. The van der Waals surface area contributed by atoms with Gasteiger partial charge in [0.1, 0.15) is 12.4 Å². The van der Waals surface area contributed by atoms with Crippen molar-refractivity contribution >= 4 is 27.7 Å². The Hall–Kier alpha value is -2.74. The fraction of sp³-hybridized carbons (Fsp3) is 0.0667. The predicted molar refractivity (Wildman–Crippen MR) is 87.6 cm³/mol. The van der Waals surface area contributed by atoms with E-state index in [2.05, 4.69) is 15.9 Å². The number of benzene rings is 2. The Morgan fingerprint density at radius 2 is 1.78 bits per heavy atom. The van der Waals surface area contributed by atoms with Crippen molar-refractivity contribution in [3.05, 3.63) is 84.5 Å². The van der Waals surface area contributed by atoms with Crippen LogP contribution in [0.1, 0.15) is 11.1 Å². The molecule has 0 saturated heterocycles. The minimum absolute atomic E-state index is 0.0249. The van der Waals surface area contributed by atoms with E-state index in [0.717, 1.165) is 11.8 Å². The highest BCUT2D eigenvalue weighted by Gasteiger charge is 2.06. The summed E-state index contributed by atoms with van der Waals surface area (Å²) < 4.78 is 6.29. The minimum Gasteiger partial charge on any atom is -0.488 e. The lowest BCUT2D eigenvalue weighted by atomic mass is 10.2. The number of non-ortho nitro benzene ring substituents is 1. The molecule has 0 unspecified atom stereocenters. The van der Waals surface area contributed by atoms with Gasteiger partial charge in [-0.05, 0) is 51.3 Å². The molecule has 23 heavy (non-hydrogen) atoms. The predicted octanol–water partition coefficient (Wildman–Crippen LogP) is 4.18. The molecular formula is C15H11BrN2O5. The fourth-order valence-corrected chi connectivity index (χ4v) is 2.27. The molecule has 0 aliphatic heterocycles. The second-order valence-electron chi connectivity index (χ2n) is 4.50. The molecule has 0 fully saturated rings. The van der Waals surface area contributed by atoms with Gasteiger partial charge in [0.05, 0.1) is 14.3 Å². The molecule has 0 aliphatic rings. The zero-order valence-electron chi connectivity index (χ0n) is 11.7. The van der Waals surface area contributed by atoms with Gasteiger partial charge in [-0.2, -0.15) is 0 Å². The maximum atomic E-state index is 10.6. The van der Waals surface area contributed by atoms with Crippen LogP contribution in [-0.4, -0.2) is 9.85 Å². The van der Waals surface area contributed by atoms with Crippen molar-refractivity contribution in [1.29, 1.82) is 0 Å². The van der Waals surface area contributed by atoms with Crippen LogP contribution in [0.25, 0.3) is 6.08 Å². The molecule has 2 aromatic carbocycles. The van der Waals surface area contributed by atoms with Gasteiger partial charge in [0, 0.05) is 18.2 Å². The first-order chi connectivity index (χ1) is 11.0. The highest BCUT2D eigenvalue weighted by Crippen LogP contribution is 2.27. The number of ether oxygens (including phenoxy) is 1. The van der Waals surface area contributed by atoms with Gasteiger partial charge in [-0.1, -0.05) is 6.07 Å². The molecule has 0 bridgehead atoms. The quantitative estimate of drug-likeness (QED) is 0.554. The van der Waals surface area contributed by atoms with Crippen LogP contribution < -0.4 is 4.74 Å². The molecule has 0 radical (unpaired) electrons. The van der Waals surface area contributed by atoms with E-state index in [9.17, 15) is 20.2 Å². The average molecular weight is 379 g/mol.